The van der Waals surface area contributed by atoms with Crippen molar-refractivity contribution in [3.8, 4) is 0 Å². The Kier molecular flexibility index (Phi) is 5.17. The third kappa shape index (κ3) is 4.40. The summed E-state index contributed by atoms with van der Waals surface area (Å²) in [6, 6.07) is 3.19. The fourth-order valence-corrected chi connectivity index (χ4v) is 2.41. The van der Waals surface area contributed by atoms with Gasteiger partial charge >= 0.3 is 5.97 Å². The Morgan fingerprint density at radius 1 is 1.52 bits per heavy atom. The Morgan fingerprint density at radius 3 is 2.70 bits per heavy atom. The number of aliphatic carboxylic acids is 1. The van der Waals surface area contributed by atoms with Crippen molar-refractivity contribution >= 4 is 34.9 Å². The highest BCUT2D eigenvalue weighted by atomic mass is 35.5. The lowest BCUT2D eigenvalue weighted by molar-refractivity contribution is -0.383. The highest BCUT2D eigenvalue weighted by Crippen LogP contribution is 2.30. The fraction of sp³-hybridized carbons (Fsp3) is 0.429. The highest BCUT2D eigenvalue weighted by Gasteiger charge is 2.36. The van der Waals surface area contributed by atoms with Crippen LogP contribution < -0.4 is 5.32 Å². The van der Waals surface area contributed by atoms with Crippen molar-refractivity contribution in [2.24, 2.45) is 0 Å². The van der Waals surface area contributed by atoms with Gasteiger partial charge in [0.2, 0.25) is 5.91 Å². The number of hydrogen-bond acceptors (Lipinski definition) is 5. The van der Waals surface area contributed by atoms with Gasteiger partial charge in [0, 0.05) is 17.1 Å². The number of benzene rings is 1. The van der Waals surface area contributed by atoms with Crippen molar-refractivity contribution in [1.29, 1.82) is 0 Å². The Bertz CT molecular complexity index is 647. The number of nitro groups is 1. The molecule has 0 spiro atoms. The van der Waals surface area contributed by atoms with E-state index in [1.54, 1.807) is 4.90 Å². The number of carboxylic acid groups (broad SMARTS) is 1. The molecule has 1 amide bonds. The summed E-state index contributed by atoms with van der Waals surface area (Å²) in [5.41, 5.74) is -0.279. The lowest BCUT2D eigenvalue weighted by Gasteiger charge is -2.25. The number of carboxylic acids is 1. The number of halogens is 1. The molecule has 0 heterocycles. The van der Waals surface area contributed by atoms with Gasteiger partial charge < -0.3 is 10.4 Å². The smallest absolute Gasteiger partial charge is 0.320 e. The predicted molar refractivity (Wildman–Crippen MR) is 83.6 cm³/mol. The Labute approximate surface area is 137 Å². The number of nitrogens with one attached hydrogen (secondary N) is 1. The molecule has 1 unspecified atom stereocenters. The topological polar surface area (TPSA) is 113 Å². The van der Waals surface area contributed by atoms with Crippen molar-refractivity contribution in [2.45, 2.75) is 31.8 Å². The van der Waals surface area contributed by atoms with Gasteiger partial charge in [0.15, 0.2) is 0 Å². The second-order valence-electron chi connectivity index (χ2n) is 5.38. The van der Waals surface area contributed by atoms with E-state index in [2.05, 4.69) is 5.32 Å². The molecule has 1 aromatic rings. The van der Waals surface area contributed by atoms with Crippen molar-refractivity contribution in [3.05, 3.63) is 33.3 Å². The van der Waals surface area contributed by atoms with Crippen LogP contribution in [0.2, 0.25) is 5.02 Å². The van der Waals surface area contributed by atoms with Gasteiger partial charge in [0.05, 0.1) is 11.5 Å². The third-order valence-corrected chi connectivity index (χ3v) is 3.86. The number of hydrogen-bond donors (Lipinski definition) is 2. The minimum absolute atomic E-state index is 0.0307. The molecule has 2 rings (SSSR count). The largest absolute Gasteiger partial charge is 0.480 e. The van der Waals surface area contributed by atoms with E-state index in [1.165, 1.54) is 19.1 Å². The molecular weight excluding hydrogens is 326 g/mol. The van der Waals surface area contributed by atoms with Crippen molar-refractivity contribution in [3.63, 3.8) is 0 Å². The van der Waals surface area contributed by atoms with Gasteiger partial charge in [-0.25, -0.2) is 0 Å². The Hall–Kier alpha value is -2.19. The minimum atomic E-state index is -1.01. The zero-order valence-electron chi connectivity index (χ0n) is 12.4. The molecule has 1 aliphatic carbocycles. The summed E-state index contributed by atoms with van der Waals surface area (Å²) in [4.78, 5) is 35.2. The number of carbonyl (C=O) groups excluding carboxylic acids is 1. The molecule has 0 saturated heterocycles. The molecule has 1 aromatic carbocycles. The molecule has 1 atom stereocenters. The van der Waals surface area contributed by atoms with Crippen LogP contribution in [0, 0.1) is 10.1 Å². The summed E-state index contributed by atoms with van der Waals surface area (Å²) in [5.74, 6) is -1.52. The molecule has 8 nitrogen and oxygen atoms in total. The maximum Gasteiger partial charge on any atom is 0.320 e. The van der Waals surface area contributed by atoms with Crippen molar-refractivity contribution < 1.29 is 19.6 Å². The van der Waals surface area contributed by atoms with Gasteiger partial charge in [-0.15, -0.1) is 0 Å². The van der Waals surface area contributed by atoms with Crippen LogP contribution in [0.5, 0.6) is 0 Å². The predicted octanol–water partition coefficient (Wildman–Crippen LogP) is 2.12. The van der Waals surface area contributed by atoms with Crippen LogP contribution in [-0.4, -0.2) is 45.4 Å². The fourth-order valence-electron chi connectivity index (χ4n) is 2.25. The minimum Gasteiger partial charge on any atom is -0.480 e. The molecule has 0 aliphatic heterocycles. The SMILES string of the molecule is CC(C(=O)O)N(CC(=O)Nc1ccc(Cl)cc1[N+](=O)[O-])C1CC1. The first kappa shape index (κ1) is 17.2. The van der Waals surface area contributed by atoms with Crippen LogP contribution >= 0.6 is 11.6 Å². The number of nitro benzene ring substituents is 1. The zero-order valence-corrected chi connectivity index (χ0v) is 13.1. The molecule has 0 aromatic heterocycles. The van der Waals surface area contributed by atoms with Gasteiger partial charge in [0.1, 0.15) is 11.7 Å². The lowest BCUT2D eigenvalue weighted by Crippen LogP contribution is -2.44. The quantitative estimate of drug-likeness (QED) is 0.580. The van der Waals surface area contributed by atoms with E-state index >= 15 is 0 Å². The number of amides is 1. The van der Waals surface area contributed by atoms with E-state index in [9.17, 15) is 19.7 Å². The number of rotatable bonds is 7. The first-order valence-electron chi connectivity index (χ1n) is 7.02. The number of anilines is 1. The van der Waals surface area contributed by atoms with Crippen LogP contribution in [0.3, 0.4) is 0 Å². The van der Waals surface area contributed by atoms with Gasteiger partial charge in [-0.05, 0) is 31.9 Å². The van der Waals surface area contributed by atoms with Crippen LogP contribution in [0.4, 0.5) is 11.4 Å². The van der Waals surface area contributed by atoms with E-state index in [1.807, 2.05) is 0 Å². The van der Waals surface area contributed by atoms with E-state index in [0.29, 0.717) is 0 Å². The summed E-state index contributed by atoms with van der Waals surface area (Å²) < 4.78 is 0. The first-order valence-corrected chi connectivity index (χ1v) is 7.39. The van der Waals surface area contributed by atoms with Crippen LogP contribution in [-0.2, 0) is 9.59 Å². The molecule has 1 aliphatic rings. The van der Waals surface area contributed by atoms with Crippen LogP contribution in [0.1, 0.15) is 19.8 Å². The normalized spacial score (nSPS) is 15.3. The molecule has 23 heavy (non-hydrogen) atoms. The van der Waals surface area contributed by atoms with Gasteiger partial charge in [-0.1, -0.05) is 11.6 Å². The van der Waals surface area contributed by atoms with Gasteiger partial charge in [-0.2, -0.15) is 0 Å². The summed E-state index contributed by atoms with van der Waals surface area (Å²) in [7, 11) is 0. The maximum atomic E-state index is 12.1. The highest BCUT2D eigenvalue weighted by molar-refractivity contribution is 6.31. The van der Waals surface area contributed by atoms with Crippen LogP contribution in [0.25, 0.3) is 0 Å². The van der Waals surface area contributed by atoms with Crippen LogP contribution in [0.15, 0.2) is 18.2 Å². The summed E-state index contributed by atoms with van der Waals surface area (Å²) in [6.07, 6.45) is 1.68. The van der Waals surface area contributed by atoms with Crippen molar-refractivity contribution in [1.82, 2.24) is 4.90 Å². The maximum absolute atomic E-state index is 12.1. The molecule has 0 bridgehead atoms. The molecule has 9 heteroatoms. The molecule has 1 saturated carbocycles. The van der Waals surface area contributed by atoms with Gasteiger partial charge in [0.25, 0.3) is 5.69 Å². The Balaban J connectivity index is 2.09. The second kappa shape index (κ2) is 6.93. The van der Waals surface area contributed by atoms with E-state index in [-0.39, 0.29) is 29.0 Å². The molecule has 0 radical (unpaired) electrons. The van der Waals surface area contributed by atoms with E-state index in [0.717, 1.165) is 18.9 Å². The number of nitrogens with zero attached hydrogens (tertiary/aromatic N) is 2. The molecular formula is C14H16ClN3O5. The van der Waals surface area contributed by atoms with E-state index in [4.69, 9.17) is 16.7 Å². The third-order valence-electron chi connectivity index (χ3n) is 3.63. The molecule has 124 valence electrons. The molecule has 2 N–H and O–H groups in total. The second-order valence-corrected chi connectivity index (χ2v) is 5.82. The summed E-state index contributed by atoms with van der Waals surface area (Å²) >= 11 is 5.72. The van der Waals surface area contributed by atoms with Crippen molar-refractivity contribution in [2.75, 3.05) is 11.9 Å². The summed E-state index contributed by atoms with van der Waals surface area (Å²) in [6.45, 7) is 1.37. The Morgan fingerprint density at radius 2 is 2.17 bits per heavy atom. The molecule has 1 fully saturated rings. The average molecular weight is 342 g/mol. The van der Waals surface area contributed by atoms with Gasteiger partial charge in [-0.3, -0.25) is 24.6 Å². The summed E-state index contributed by atoms with van der Waals surface area (Å²) in [5, 5.41) is 22.7. The standard InChI is InChI=1S/C14H16ClN3O5/c1-8(14(20)21)17(10-3-4-10)7-13(19)16-11-5-2-9(15)6-12(11)18(22)23/h2,5-6,8,10H,3-4,7H2,1H3,(H,16,19)(H,20,21). The zero-order chi connectivity index (χ0) is 17.1. The first-order chi connectivity index (χ1) is 10.8. The monoisotopic (exact) mass is 341 g/mol. The average Bonchev–Trinajstić information content (AvgIpc) is 3.30. The lowest BCUT2D eigenvalue weighted by atomic mass is 10.2. The number of carbonyl (C=O) groups is 2. The van der Waals surface area contributed by atoms with E-state index < -0.39 is 22.8 Å².